The highest BCUT2D eigenvalue weighted by molar-refractivity contribution is 6.07. The Balaban J connectivity index is 1.77. The topological polar surface area (TPSA) is 54.0 Å². The van der Waals surface area contributed by atoms with E-state index in [1.165, 1.54) is 6.08 Å². The Hall–Kier alpha value is -2.79. The molecule has 0 spiro atoms. The smallest absolute Gasteiger partial charge is 0.231 e. The monoisotopic (exact) mass is 326 g/mol. The van der Waals surface area contributed by atoms with Crippen molar-refractivity contribution in [3.63, 3.8) is 0 Å². The van der Waals surface area contributed by atoms with Crippen molar-refractivity contribution < 1.29 is 23.7 Å². The van der Waals surface area contributed by atoms with Crippen molar-refractivity contribution in [3.8, 4) is 17.2 Å². The van der Waals surface area contributed by atoms with Crippen LogP contribution >= 0.6 is 0 Å². The predicted octanol–water partition coefficient (Wildman–Crippen LogP) is 3.47. The molecule has 5 heteroatoms. The third kappa shape index (κ3) is 3.41. The fraction of sp³-hybridized carbons (Fsp3) is 0.211. The van der Waals surface area contributed by atoms with Crippen LogP contribution in [0.5, 0.6) is 17.2 Å². The molecule has 0 unspecified atom stereocenters. The first kappa shape index (κ1) is 16.1. The molecule has 0 N–H and O–H groups in total. The Bertz CT molecular complexity index is 779. The molecular formula is C19H18O5. The van der Waals surface area contributed by atoms with Crippen LogP contribution in [-0.2, 0) is 11.3 Å². The van der Waals surface area contributed by atoms with Gasteiger partial charge in [0.2, 0.25) is 6.79 Å². The molecular weight excluding hydrogens is 308 g/mol. The van der Waals surface area contributed by atoms with Gasteiger partial charge in [0.25, 0.3) is 0 Å². The number of hydrogen-bond acceptors (Lipinski definition) is 5. The van der Waals surface area contributed by atoms with Gasteiger partial charge in [0.1, 0.15) is 5.75 Å². The number of benzene rings is 2. The van der Waals surface area contributed by atoms with E-state index in [-0.39, 0.29) is 12.6 Å². The summed E-state index contributed by atoms with van der Waals surface area (Å²) >= 11 is 0. The van der Waals surface area contributed by atoms with Gasteiger partial charge in [-0.25, -0.2) is 0 Å². The van der Waals surface area contributed by atoms with Crippen molar-refractivity contribution in [2.75, 3.05) is 21.0 Å². The Morgan fingerprint density at radius 2 is 1.96 bits per heavy atom. The van der Waals surface area contributed by atoms with Crippen molar-refractivity contribution in [1.82, 2.24) is 0 Å². The molecule has 3 rings (SSSR count). The highest BCUT2D eigenvalue weighted by Gasteiger charge is 2.15. The summed E-state index contributed by atoms with van der Waals surface area (Å²) in [5.41, 5.74) is 2.38. The average Bonchev–Trinajstić information content (AvgIpc) is 3.08. The van der Waals surface area contributed by atoms with E-state index in [0.717, 1.165) is 16.9 Å². The standard InChI is InChI=1S/C19H18O5/c1-21-11-15-9-13(4-7-17(15)22-2)3-6-16(20)14-5-8-18-19(10-14)24-12-23-18/h3-10H,11-12H2,1-2H3/b6-3+. The molecule has 0 fully saturated rings. The predicted molar refractivity (Wildman–Crippen MR) is 89.6 cm³/mol. The highest BCUT2D eigenvalue weighted by Crippen LogP contribution is 2.32. The van der Waals surface area contributed by atoms with Crippen LogP contribution in [-0.4, -0.2) is 26.8 Å². The van der Waals surface area contributed by atoms with E-state index in [1.807, 2.05) is 18.2 Å². The Morgan fingerprint density at radius 1 is 1.12 bits per heavy atom. The number of rotatable bonds is 6. The second kappa shape index (κ2) is 7.19. The SMILES string of the molecule is COCc1cc(/C=C/C(=O)c2ccc3c(c2)OCO3)ccc1OC. The van der Waals surface area contributed by atoms with Crippen molar-refractivity contribution in [2.45, 2.75) is 6.61 Å². The lowest BCUT2D eigenvalue weighted by Gasteiger charge is -2.08. The van der Waals surface area contributed by atoms with Crippen LogP contribution in [0.4, 0.5) is 0 Å². The van der Waals surface area contributed by atoms with E-state index in [0.29, 0.717) is 23.7 Å². The molecule has 0 bridgehead atoms. The lowest BCUT2D eigenvalue weighted by molar-refractivity contribution is 0.104. The lowest BCUT2D eigenvalue weighted by atomic mass is 10.1. The summed E-state index contributed by atoms with van der Waals surface area (Å²) in [4.78, 5) is 12.3. The maximum absolute atomic E-state index is 12.3. The van der Waals surface area contributed by atoms with Crippen LogP contribution < -0.4 is 14.2 Å². The molecule has 0 amide bonds. The Morgan fingerprint density at radius 3 is 2.75 bits per heavy atom. The Labute approximate surface area is 140 Å². The first-order valence-electron chi connectivity index (χ1n) is 7.49. The van der Waals surface area contributed by atoms with Gasteiger partial charge < -0.3 is 18.9 Å². The average molecular weight is 326 g/mol. The van der Waals surface area contributed by atoms with Gasteiger partial charge in [-0.15, -0.1) is 0 Å². The second-order valence-electron chi connectivity index (χ2n) is 5.27. The van der Waals surface area contributed by atoms with E-state index >= 15 is 0 Å². The summed E-state index contributed by atoms with van der Waals surface area (Å²) < 4.78 is 21.0. The van der Waals surface area contributed by atoms with E-state index in [4.69, 9.17) is 18.9 Å². The third-order valence-corrected chi connectivity index (χ3v) is 3.69. The zero-order chi connectivity index (χ0) is 16.9. The first-order valence-corrected chi connectivity index (χ1v) is 7.49. The molecule has 2 aromatic carbocycles. The van der Waals surface area contributed by atoms with Crippen molar-refractivity contribution >= 4 is 11.9 Å². The number of ether oxygens (including phenoxy) is 4. The molecule has 0 saturated heterocycles. The van der Waals surface area contributed by atoms with E-state index in [1.54, 1.807) is 38.5 Å². The zero-order valence-electron chi connectivity index (χ0n) is 13.6. The van der Waals surface area contributed by atoms with Crippen molar-refractivity contribution in [1.29, 1.82) is 0 Å². The van der Waals surface area contributed by atoms with Crippen LogP contribution in [0.25, 0.3) is 6.08 Å². The van der Waals surface area contributed by atoms with Gasteiger partial charge in [-0.05, 0) is 42.0 Å². The zero-order valence-corrected chi connectivity index (χ0v) is 13.6. The molecule has 0 aromatic heterocycles. The normalized spacial score (nSPS) is 12.6. The van der Waals surface area contributed by atoms with Crippen LogP contribution in [0.2, 0.25) is 0 Å². The largest absolute Gasteiger partial charge is 0.496 e. The molecule has 24 heavy (non-hydrogen) atoms. The number of allylic oxidation sites excluding steroid dienone is 1. The van der Waals surface area contributed by atoms with Crippen LogP contribution in [0.15, 0.2) is 42.5 Å². The Kier molecular flexibility index (Phi) is 4.82. The minimum Gasteiger partial charge on any atom is -0.496 e. The number of carbonyl (C=O) groups excluding carboxylic acids is 1. The second-order valence-corrected chi connectivity index (χ2v) is 5.27. The van der Waals surface area contributed by atoms with E-state index in [2.05, 4.69) is 0 Å². The quantitative estimate of drug-likeness (QED) is 0.601. The van der Waals surface area contributed by atoms with Gasteiger partial charge >= 0.3 is 0 Å². The molecule has 1 heterocycles. The van der Waals surface area contributed by atoms with Crippen molar-refractivity contribution in [2.24, 2.45) is 0 Å². The number of methoxy groups -OCH3 is 2. The first-order chi connectivity index (χ1) is 11.7. The van der Waals surface area contributed by atoms with Gasteiger partial charge in [0.05, 0.1) is 13.7 Å². The van der Waals surface area contributed by atoms with Crippen LogP contribution in [0.3, 0.4) is 0 Å². The molecule has 5 nitrogen and oxygen atoms in total. The van der Waals surface area contributed by atoms with E-state index < -0.39 is 0 Å². The summed E-state index contributed by atoms with van der Waals surface area (Å²) in [6.45, 7) is 0.637. The number of carbonyl (C=O) groups is 1. The minimum absolute atomic E-state index is 0.0996. The number of hydrogen-bond donors (Lipinski definition) is 0. The van der Waals surface area contributed by atoms with Gasteiger partial charge in [-0.3, -0.25) is 4.79 Å². The molecule has 0 saturated carbocycles. The van der Waals surface area contributed by atoms with Gasteiger partial charge in [-0.1, -0.05) is 12.1 Å². The van der Waals surface area contributed by atoms with Crippen LogP contribution in [0, 0.1) is 0 Å². The molecule has 0 radical (unpaired) electrons. The molecule has 1 aliphatic rings. The third-order valence-electron chi connectivity index (χ3n) is 3.69. The number of fused-ring (bicyclic) bond motifs is 1. The molecule has 1 aliphatic heterocycles. The maximum atomic E-state index is 12.3. The maximum Gasteiger partial charge on any atom is 0.231 e. The lowest BCUT2D eigenvalue weighted by Crippen LogP contribution is -1.96. The fourth-order valence-electron chi connectivity index (χ4n) is 2.49. The van der Waals surface area contributed by atoms with Gasteiger partial charge in [0.15, 0.2) is 17.3 Å². The van der Waals surface area contributed by atoms with Gasteiger partial charge in [0, 0.05) is 18.2 Å². The summed E-state index contributed by atoms with van der Waals surface area (Å²) in [5, 5.41) is 0. The summed E-state index contributed by atoms with van der Waals surface area (Å²) in [6.07, 6.45) is 3.31. The van der Waals surface area contributed by atoms with Crippen LogP contribution in [0.1, 0.15) is 21.5 Å². The summed E-state index contributed by atoms with van der Waals surface area (Å²) in [6, 6.07) is 10.9. The highest BCUT2D eigenvalue weighted by atomic mass is 16.7. The summed E-state index contributed by atoms with van der Waals surface area (Å²) in [5.74, 6) is 1.92. The van der Waals surface area contributed by atoms with Crippen molar-refractivity contribution in [3.05, 3.63) is 59.2 Å². The molecule has 0 atom stereocenters. The van der Waals surface area contributed by atoms with Gasteiger partial charge in [-0.2, -0.15) is 0 Å². The van der Waals surface area contributed by atoms with E-state index in [9.17, 15) is 4.79 Å². The molecule has 2 aromatic rings. The minimum atomic E-state index is -0.0996. The molecule has 0 aliphatic carbocycles. The summed E-state index contributed by atoms with van der Waals surface area (Å²) in [7, 11) is 3.25. The molecule has 124 valence electrons. The number of ketones is 1. The fourth-order valence-corrected chi connectivity index (χ4v) is 2.49.